The molecule has 1 fully saturated rings. The van der Waals surface area contributed by atoms with E-state index < -0.39 is 17.0 Å². The van der Waals surface area contributed by atoms with E-state index in [4.69, 9.17) is 22.1 Å². The summed E-state index contributed by atoms with van der Waals surface area (Å²) in [5.74, 6) is -2.18. The van der Waals surface area contributed by atoms with E-state index in [9.17, 15) is 8.78 Å². The lowest BCUT2D eigenvalue weighted by Crippen LogP contribution is -2.42. The average molecular weight is 262 g/mol. The van der Waals surface area contributed by atoms with E-state index in [1.54, 1.807) is 0 Å². The van der Waals surface area contributed by atoms with Gasteiger partial charge in [-0.15, -0.1) is 0 Å². The Kier molecular flexibility index (Phi) is 3.27. The Morgan fingerprint density at radius 1 is 1.41 bits per heavy atom. The molecule has 0 unspecified atom stereocenters. The van der Waals surface area contributed by atoms with Gasteiger partial charge >= 0.3 is 0 Å². The van der Waals surface area contributed by atoms with Crippen LogP contribution in [-0.4, -0.2) is 13.7 Å². The molecular formula is C12H14ClF2NO. The molecule has 0 spiro atoms. The van der Waals surface area contributed by atoms with Crippen molar-refractivity contribution in [3.63, 3.8) is 0 Å². The molecule has 1 aliphatic rings. The topological polar surface area (TPSA) is 35.2 Å². The van der Waals surface area contributed by atoms with Crippen LogP contribution in [0.3, 0.4) is 0 Å². The molecule has 1 aromatic rings. The van der Waals surface area contributed by atoms with Gasteiger partial charge in [0.15, 0.2) is 11.6 Å². The molecule has 2 nitrogen and oxygen atoms in total. The number of hydrogen-bond acceptors (Lipinski definition) is 2. The van der Waals surface area contributed by atoms with Crippen LogP contribution in [0, 0.1) is 11.6 Å². The molecule has 1 saturated carbocycles. The lowest BCUT2D eigenvalue weighted by molar-refractivity contribution is 0.240. The van der Waals surface area contributed by atoms with E-state index in [1.807, 2.05) is 0 Å². The van der Waals surface area contributed by atoms with Crippen LogP contribution in [-0.2, 0) is 5.41 Å². The first-order chi connectivity index (χ1) is 8.05. The van der Waals surface area contributed by atoms with Gasteiger partial charge < -0.3 is 10.5 Å². The molecule has 2 N–H and O–H groups in total. The molecule has 1 aliphatic carbocycles. The second-order valence-corrected chi connectivity index (χ2v) is 4.81. The predicted octanol–water partition coefficient (Wildman–Crippen LogP) is 3.01. The SMILES string of the molecule is COc1c(Cl)cc(C2(CN)CCC2)c(F)c1F. The minimum atomic E-state index is -1.03. The van der Waals surface area contributed by atoms with Gasteiger partial charge in [0.05, 0.1) is 12.1 Å². The van der Waals surface area contributed by atoms with E-state index in [1.165, 1.54) is 13.2 Å². The van der Waals surface area contributed by atoms with Gasteiger partial charge in [-0.2, -0.15) is 4.39 Å². The van der Waals surface area contributed by atoms with Crippen LogP contribution in [0.4, 0.5) is 8.78 Å². The van der Waals surface area contributed by atoms with Crippen molar-refractivity contribution in [3.8, 4) is 5.75 Å². The Bertz CT molecular complexity index is 441. The van der Waals surface area contributed by atoms with Gasteiger partial charge in [0, 0.05) is 17.5 Å². The molecular weight excluding hydrogens is 248 g/mol. The fourth-order valence-corrected chi connectivity index (χ4v) is 2.61. The number of rotatable bonds is 3. The van der Waals surface area contributed by atoms with Crippen molar-refractivity contribution < 1.29 is 13.5 Å². The quantitative estimate of drug-likeness (QED) is 0.849. The molecule has 0 aliphatic heterocycles. The zero-order valence-electron chi connectivity index (χ0n) is 9.53. The minimum Gasteiger partial charge on any atom is -0.492 e. The summed E-state index contributed by atoms with van der Waals surface area (Å²) in [4.78, 5) is 0. The predicted molar refractivity (Wildman–Crippen MR) is 62.5 cm³/mol. The molecule has 0 amide bonds. The minimum absolute atomic E-state index is 0.0844. The highest BCUT2D eigenvalue weighted by Gasteiger charge is 2.41. The van der Waals surface area contributed by atoms with Gasteiger partial charge in [-0.1, -0.05) is 18.0 Å². The van der Waals surface area contributed by atoms with E-state index in [-0.39, 0.29) is 16.3 Å². The lowest BCUT2D eigenvalue weighted by Gasteiger charge is -2.41. The normalized spacial score (nSPS) is 17.7. The van der Waals surface area contributed by atoms with Crippen LogP contribution in [0.2, 0.25) is 5.02 Å². The van der Waals surface area contributed by atoms with Crippen molar-refractivity contribution >= 4 is 11.6 Å². The second kappa shape index (κ2) is 4.42. The summed E-state index contributed by atoms with van der Waals surface area (Å²) in [5, 5.41) is 0.0844. The number of hydrogen-bond donors (Lipinski definition) is 1. The Hall–Kier alpha value is -0.870. The highest BCUT2D eigenvalue weighted by Crippen LogP contribution is 2.46. The standard InChI is InChI=1S/C12H14ClF2NO/c1-17-11-8(13)5-7(9(14)10(11)15)12(6-16)3-2-4-12/h5H,2-4,6,16H2,1H3. The Morgan fingerprint density at radius 3 is 2.47 bits per heavy atom. The van der Waals surface area contributed by atoms with Crippen molar-refractivity contribution in [3.05, 3.63) is 28.3 Å². The molecule has 0 aromatic heterocycles. The first kappa shape index (κ1) is 12.6. The number of halogens is 3. The summed E-state index contributed by atoms with van der Waals surface area (Å²) in [6.45, 7) is 0.298. The third-order valence-electron chi connectivity index (χ3n) is 3.59. The number of ether oxygens (including phenoxy) is 1. The van der Waals surface area contributed by atoms with Gasteiger partial charge in [0.2, 0.25) is 5.82 Å². The van der Waals surface area contributed by atoms with Gasteiger partial charge in [0.1, 0.15) is 0 Å². The second-order valence-electron chi connectivity index (χ2n) is 4.41. The third kappa shape index (κ3) is 1.79. The maximum atomic E-state index is 14.0. The fourth-order valence-electron chi connectivity index (χ4n) is 2.34. The fraction of sp³-hybridized carbons (Fsp3) is 0.500. The largest absolute Gasteiger partial charge is 0.492 e. The maximum Gasteiger partial charge on any atom is 0.202 e. The molecule has 1 aromatic carbocycles. The molecule has 0 atom stereocenters. The number of nitrogens with two attached hydrogens (primary N) is 1. The molecule has 94 valence electrons. The molecule has 0 saturated heterocycles. The van der Waals surface area contributed by atoms with Crippen molar-refractivity contribution in [2.75, 3.05) is 13.7 Å². The number of methoxy groups -OCH3 is 1. The van der Waals surface area contributed by atoms with E-state index >= 15 is 0 Å². The first-order valence-corrected chi connectivity index (χ1v) is 5.85. The Morgan fingerprint density at radius 2 is 2.06 bits per heavy atom. The van der Waals surface area contributed by atoms with Crippen molar-refractivity contribution in [1.29, 1.82) is 0 Å². The number of benzene rings is 1. The van der Waals surface area contributed by atoms with E-state index in [0.717, 1.165) is 19.3 Å². The summed E-state index contributed by atoms with van der Waals surface area (Å²) in [6, 6.07) is 1.44. The van der Waals surface area contributed by atoms with E-state index in [2.05, 4.69) is 0 Å². The van der Waals surface area contributed by atoms with Crippen LogP contribution < -0.4 is 10.5 Å². The average Bonchev–Trinajstić information content (AvgIpc) is 2.25. The van der Waals surface area contributed by atoms with Gasteiger partial charge in [-0.3, -0.25) is 0 Å². The highest BCUT2D eigenvalue weighted by atomic mass is 35.5. The summed E-state index contributed by atoms with van der Waals surface area (Å²) in [5.41, 5.74) is 5.49. The van der Waals surface area contributed by atoms with Gasteiger partial charge in [-0.25, -0.2) is 4.39 Å². The summed E-state index contributed by atoms with van der Waals surface area (Å²) in [6.07, 6.45) is 2.51. The smallest absolute Gasteiger partial charge is 0.202 e. The van der Waals surface area contributed by atoms with Gasteiger partial charge in [-0.05, 0) is 18.9 Å². The maximum absolute atomic E-state index is 14.0. The van der Waals surface area contributed by atoms with Crippen LogP contribution in [0.1, 0.15) is 24.8 Å². The van der Waals surface area contributed by atoms with E-state index in [0.29, 0.717) is 6.54 Å². The van der Waals surface area contributed by atoms with Gasteiger partial charge in [0.25, 0.3) is 0 Å². The van der Waals surface area contributed by atoms with Crippen molar-refractivity contribution in [2.24, 2.45) is 5.73 Å². The molecule has 5 heteroatoms. The van der Waals surface area contributed by atoms with Crippen LogP contribution in [0.5, 0.6) is 5.75 Å². The third-order valence-corrected chi connectivity index (χ3v) is 3.87. The molecule has 0 heterocycles. The molecule has 0 bridgehead atoms. The zero-order valence-corrected chi connectivity index (χ0v) is 10.3. The zero-order chi connectivity index (χ0) is 12.6. The monoisotopic (exact) mass is 261 g/mol. The molecule has 0 radical (unpaired) electrons. The Balaban J connectivity index is 2.56. The summed E-state index contributed by atoms with van der Waals surface area (Å²) in [7, 11) is 1.26. The molecule has 17 heavy (non-hydrogen) atoms. The van der Waals surface area contributed by atoms with Crippen LogP contribution in [0.15, 0.2) is 6.07 Å². The first-order valence-electron chi connectivity index (χ1n) is 5.48. The van der Waals surface area contributed by atoms with Crippen molar-refractivity contribution in [1.82, 2.24) is 0 Å². The summed E-state index contributed by atoms with van der Waals surface area (Å²) < 4.78 is 32.4. The summed E-state index contributed by atoms with van der Waals surface area (Å²) >= 11 is 5.88. The Labute approximate surface area is 104 Å². The lowest BCUT2D eigenvalue weighted by atomic mass is 9.64. The molecule has 2 rings (SSSR count). The highest BCUT2D eigenvalue weighted by molar-refractivity contribution is 6.32. The van der Waals surface area contributed by atoms with Crippen LogP contribution in [0.25, 0.3) is 0 Å². The van der Waals surface area contributed by atoms with Crippen LogP contribution >= 0.6 is 11.6 Å². The van der Waals surface area contributed by atoms with Crippen molar-refractivity contribution in [2.45, 2.75) is 24.7 Å².